The van der Waals surface area contributed by atoms with Crippen LogP contribution in [0.3, 0.4) is 0 Å². The molecule has 0 aliphatic heterocycles. The fourth-order valence-corrected chi connectivity index (χ4v) is 0.537. The zero-order valence-corrected chi connectivity index (χ0v) is 7.08. The summed E-state index contributed by atoms with van der Waals surface area (Å²) in [5.41, 5.74) is -4.94. The maximum Gasteiger partial charge on any atom is 0.281 e. The fourth-order valence-electron chi connectivity index (χ4n) is 0.537. The summed E-state index contributed by atoms with van der Waals surface area (Å²) in [4.78, 5) is 0. The van der Waals surface area contributed by atoms with Crippen LogP contribution >= 0.6 is 0 Å². The van der Waals surface area contributed by atoms with Crippen molar-refractivity contribution in [1.29, 1.82) is 0 Å². The van der Waals surface area contributed by atoms with Gasteiger partial charge in [0.05, 0.1) is 5.60 Å². The first-order valence-corrected chi connectivity index (χ1v) is 3.29. The van der Waals surface area contributed by atoms with Crippen LogP contribution < -0.4 is 0 Å². The number of hydrogen-bond donors (Lipinski definition) is 1. The van der Waals surface area contributed by atoms with E-state index in [-0.39, 0.29) is 0 Å². The average Bonchev–Trinajstić information content (AvgIpc) is 1.58. The molecule has 0 amide bonds. The highest BCUT2D eigenvalue weighted by Gasteiger charge is 2.56. The second kappa shape index (κ2) is 2.37. The van der Waals surface area contributed by atoms with E-state index in [1.807, 2.05) is 0 Å². The molecule has 0 saturated carbocycles. The zero-order chi connectivity index (χ0) is 9.50. The van der Waals surface area contributed by atoms with Crippen molar-refractivity contribution in [1.82, 2.24) is 0 Å². The Morgan fingerprint density at radius 1 is 0.909 bits per heavy atom. The predicted molar refractivity (Wildman–Crippen MR) is 36.4 cm³/mol. The molecule has 11 heavy (non-hydrogen) atoms. The van der Waals surface area contributed by atoms with Crippen molar-refractivity contribution in [2.75, 3.05) is 0 Å². The SMILES string of the molecule is CC(C)(O)C(C)(F)C(C)(F)F. The van der Waals surface area contributed by atoms with E-state index >= 15 is 0 Å². The van der Waals surface area contributed by atoms with E-state index < -0.39 is 17.2 Å². The van der Waals surface area contributed by atoms with E-state index in [2.05, 4.69) is 0 Å². The standard InChI is InChI=1S/C7H13F3O/c1-5(2,11)6(3,8)7(4,9)10/h11H,1-4H3. The predicted octanol–water partition coefficient (Wildman–Crippen LogP) is 2.14. The average molecular weight is 170 g/mol. The number of halogens is 3. The summed E-state index contributed by atoms with van der Waals surface area (Å²) >= 11 is 0. The molecule has 0 fully saturated rings. The lowest BCUT2D eigenvalue weighted by Crippen LogP contribution is -2.55. The molecule has 0 heterocycles. The molecule has 0 aliphatic rings. The van der Waals surface area contributed by atoms with E-state index in [1.54, 1.807) is 0 Å². The smallest absolute Gasteiger partial charge is 0.281 e. The van der Waals surface area contributed by atoms with Gasteiger partial charge in [-0.3, -0.25) is 0 Å². The van der Waals surface area contributed by atoms with Crippen LogP contribution in [-0.2, 0) is 0 Å². The molecule has 0 aromatic heterocycles. The first-order chi connectivity index (χ1) is 4.50. The fraction of sp³-hybridized carbons (Fsp3) is 1.00. The highest BCUT2D eigenvalue weighted by Crippen LogP contribution is 2.39. The van der Waals surface area contributed by atoms with Gasteiger partial charge in [0.1, 0.15) is 0 Å². The van der Waals surface area contributed by atoms with E-state index in [9.17, 15) is 13.2 Å². The highest BCUT2D eigenvalue weighted by molar-refractivity contribution is 4.98. The lowest BCUT2D eigenvalue weighted by atomic mass is 9.85. The Bertz CT molecular complexity index is 125. The molecule has 0 saturated heterocycles. The molecule has 0 bridgehead atoms. The van der Waals surface area contributed by atoms with Crippen molar-refractivity contribution in [2.45, 2.75) is 44.9 Å². The van der Waals surface area contributed by atoms with Gasteiger partial charge in [-0.2, -0.15) is 0 Å². The van der Waals surface area contributed by atoms with Crippen molar-refractivity contribution in [3.05, 3.63) is 0 Å². The van der Waals surface area contributed by atoms with Gasteiger partial charge in [-0.15, -0.1) is 0 Å². The van der Waals surface area contributed by atoms with Crippen molar-refractivity contribution in [3.8, 4) is 0 Å². The summed E-state index contributed by atoms with van der Waals surface area (Å²) in [6, 6.07) is 0. The minimum Gasteiger partial charge on any atom is -0.387 e. The van der Waals surface area contributed by atoms with Crippen LogP contribution in [0.1, 0.15) is 27.7 Å². The van der Waals surface area contributed by atoms with Gasteiger partial charge in [0.15, 0.2) is 5.67 Å². The molecule has 0 spiro atoms. The van der Waals surface area contributed by atoms with E-state index in [1.165, 1.54) is 0 Å². The van der Waals surface area contributed by atoms with Crippen molar-refractivity contribution >= 4 is 0 Å². The molecule has 68 valence electrons. The summed E-state index contributed by atoms with van der Waals surface area (Å²) in [6.07, 6.45) is 0. The molecule has 0 aromatic rings. The van der Waals surface area contributed by atoms with Gasteiger partial charge < -0.3 is 5.11 Å². The third-order valence-electron chi connectivity index (χ3n) is 1.97. The Kier molecular flexibility index (Phi) is 2.32. The summed E-state index contributed by atoms with van der Waals surface area (Å²) in [7, 11) is 0. The molecule has 0 radical (unpaired) electrons. The molecule has 0 aliphatic carbocycles. The zero-order valence-electron chi connectivity index (χ0n) is 7.08. The van der Waals surface area contributed by atoms with E-state index in [0.717, 1.165) is 13.8 Å². The van der Waals surface area contributed by atoms with Gasteiger partial charge in [-0.1, -0.05) is 0 Å². The van der Waals surface area contributed by atoms with Crippen LogP contribution in [0.15, 0.2) is 0 Å². The molecular formula is C7H13F3O. The van der Waals surface area contributed by atoms with Gasteiger partial charge in [-0.05, 0) is 20.8 Å². The Balaban J connectivity index is 4.75. The molecule has 0 aromatic carbocycles. The Morgan fingerprint density at radius 3 is 1.18 bits per heavy atom. The normalized spacial score (nSPS) is 19.6. The Labute approximate surface area is 64.2 Å². The van der Waals surface area contributed by atoms with E-state index in [4.69, 9.17) is 5.11 Å². The summed E-state index contributed by atoms with van der Waals surface area (Å²) in [5, 5.41) is 9.03. The quantitative estimate of drug-likeness (QED) is 0.673. The van der Waals surface area contributed by atoms with Crippen LogP contribution in [0.2, 0.25) is 0 Å². The monoisotopic (exact) mass is 170 g/mol. The first-order valence-electron chi connectivity index (χ1n) is 3.29. The molecule has 4 heteroatoms. The minimum atomic E-state index is -3.54. The Morgan fingerprint density at radius 2 is 1.18 bits per heavy atom. The minimum absolute atomic E-state index is 0.449. The molecular weight excluding hydrogens is 157 g/mol. The topological polar surface area (TPSA) is 20.2 Å². The van der Waals surface area contributed by atoms with Crippen LogP contribution in [0.5, 0.6) is 0 Å². The third-order valence-corrected chi connectivity index (χ3v) is 1.97. The van der Waals surface area contributed by atoms with Gasteiger partial charge in [0.2, 0.25) is 0 Å². The lowest BCUT2D eigenvalue weighted by molar-refractivity contribution is -0.198. The van der Waals surface area contributed by atoms with Crippen LogP contribution in [0, 0.1) is 0 Å². The van der Waals surface area contributed by atoms with Crippen molar-refractivity contribution in [3.63, 3.8) is 0 Å². The maximum atomic E-state index is 13.1. The van der Waals surface area contributed by atoms with Crippen molar-refractivity contribution in [2.24, 2.45) is 0 Å². The van der Waals surface area contributed by atoms with Crippen LogP contribution in [0.25, 0.3) is 0 Å². The van der Waals surface area contributed by atoms with Crippen LogP contribution in [-0.4, -0.2) is 22.3 Å². The second-order valence-electron chi connectivity index (χ2n) is 3.45. The molecule has 1 N–H and O–H groups in total. The molecule has 1 nitrogen and oxygen atoms in total. The van der Waals surface area contributed by atoms with Gasteiger partial charge in [-0.25, -0.2) is 13.2 Å². The summed E-state index contributed by atoms with van der Waals surface area (Å²) in [5.74, 6) is -3.54. The number of hydrogen-bond acceptors (Lipinski definition) is 1. The number of rotatable bonds is 2. The summed E-state index contributed by atoms with van der Waals surface area (Å²) in [6.45, 7) is 3.17. The third kappa shape index (κ3) is 1.86. The lowest BCUT2D eigenvalue weighted by Gasteiger charge is -2.37. The molecule has 1 unspecified atom stereocenters. The van der Waals surface area contributed by atoms with Crippen LogP contribution in [0.4, 0.5) is 13.2 Å². The van der Waals surface area contributed by atoms with Gasteiger partial charge in [0, 0.05) is 6.92 Å². The number of aliphatic hydroxyl groups is 1. The van der Waals surface area contributed by atoms with Gasteiger partial charge >= 0.3 is 0 Å². The molecule has 0 rings (SSSR count). The second-order valence-corrected chi connectivity index (χ2v) is 3.45. The van der Waals surface area contributed by atoms with Crippen molar-refractivity contribution < 1.29 is 18.3 Å². The van der Waals surface area contributed by atoms with E-state index in [0.29, 0.717) is 13.8 Å². The molecule has 1 atom stereocenters. The first kappa shape index (κ1) is 10.8. The number of alkyl halides is 3. The maximum absolute atomic E-state index is 13.1. The summed E-state index contributed by atoms with van der Waals surface area (Å²) < 4.78 is 38.0. The Hall–Kier alpha value is -0.250. The highest BCUT2D eigenvalue weighted by atomic mass is 19.3. The van der Waals surface area contributed by atoms with Gasteiger partial charge in [0.25, 0.3) is 5.92 Å². The largest absolute Gasteiger partial charge is 0.387 e.